The fourth-order valence-electron chi connectivity index (χ4n) is 0.756. The average Bonchev–Trinajstić information content (AvgIpc) is 2.03. The number of allylic oxidation sites excluding steroid dienone is 1. The van der Waals surface area contributed by atoms with Crippen molar-refractivity contribution < 1.29 is 14.6 Å². The van der Waals surface area contributed by atoms with E-state index in [0.29, 0.717) is 5.70 Å². The van der Waals surface area contributed by atoms with Crippen molar-refractivity contribution in [3.63, 3.8) is 0 Å². The van der Waals surface area contributed by atoms with E-state index in [9.17, 15) is 9.90 Å². The molecule has 0 spiro atoms. The Morgan fingerprint density at radius 1 is 1.62 bits per heavy atom. The van der Waals surface area contributed by atoms with E-state index in [1.807, 2.05) is 0 Å². The number of likely N-dealkylation sites (N-methyl/N-ethyl adjacent to an activating group) is 1. The van der Waals surface area contributed by atoms with Crippen LogP contribution in [-0.2, 0) is 9.53 Å². The highest BCUT2D eigenvalue weighted by Gasteiger charge is 2.06. The van der Waals surface area contributed by atoms with Gasteiger partial charge in [-0.15, -0.1) is 0 Å². The Bertz CT molecular complexity index is 227. The second-order valence-corrected chi connectivity index (χ2v) is 2.74. The normalized spacial score (nSPS) is 11.6. The zero-order valence-electron chi connectivity index (χ0n) is 8.20. The third kappa shape index (κ3) is 4.20. The maximum absolute atomic E-state index is 10.7. The molecule has 0 radical (unpaired) electrons. The van der Waals surface area contributed by atoms with Crippen LogP contribution in [0.5, 0.6) is 0 Å². The Morgan fingerprint density at radius 2 is 2.15 bits per heavy atom. The van der Waals surface area contributed by atoms with Crippen LogP contribution in [0.3, 0.4) is 0 Å². The molecule has 0 amide bonds. The molecule has 0 saturated heterocycles. The van der Waals surface area contributed by atoms with Gasteiger partial charge in [-0.2, -0.15) is 0 Å². The summed E-state index contributed by atoms with van der Waals surface area (Å²) in [6.45, 7) is 4.86. The van der Waals surface area contributed by atoms with Gasteiger partial charge in [-0.3, -0.25) is 0 Å². The molecule has 0 heterocycles. The summed E-state index contributed by atoms with van der Waals surface area (Å²) in [5.41, 5.74) is 0.565. The molecule has 4 heteroatoms. The fraction of sp³-hybridized carbons (Fsp3) is 0.444. The summed E-state index contributed by atoms with van der Waals surface area (Å²) in [5, 5.41) is 9.19. The monoisotopic (exact) mass is 185 g/mol. The van der Waals surface area contributed by atoms with Crippen LogP contribution >= 0.6 is 0 Å². The average molecular weight is 185 g/mol. The summed E-state index contributed by atoms with van der Waals surface area (Å²) in [7, 11) is 3.52. The highest BCUT2D eigenvalue weighted by molar-refractivity contribution is 5.81. The van der Waals surface area contributed by atoms with Crippen molar-refractivity contribution in [2.75, 3.05) is 20.7 Å². The summed E-state index contributed by atoms with van der Waals surface area (Å²) in [5.74, 6) is -0.359. The minimum absolute atomic E-state index is 0.0557. The van der Waals surface area contributed by atoms with Crippen LogP contribution < -0.4 is 0 Å². The minimum Gasteiger partial charge on any atom is -0.511 e. The molecule has 0 unspecified atom stereocenters. The van der Waals surface area contributed by atoms with Gasteiger partial charge in [0.05, 0.1) is 5.70 Å². The van der Waals surface area contributed by atoms with Gasteiger partial charge in [0.25, 0.3) is 0 Å². The maximum Gasteiger partial charge on any atom is 0.330 e. The van der Waals surface area contributed by atoms with E-state index < -0.39 is 5.97 Å². The van der Waals surface area contributed by atoms with Crippen molar-refractivity contribution in [1.29, 1.82) is 0 Å². The summed E-state index contributed by atoms with van der Waals surface area (Å²) in [4.78, 5) is 12.4. The van der Waals surface area contributed by atoms with Crippen molar-refractivity contribution in [3.05, 3.63) is 24.1 Å². The van der Waals surface area contributed by atoms with Gasteiger partial charge in [-0.05, 0) is 6.92 Å². The van der Waals surface area contributed by atoms with E-state index in [4.69, 9.17) is 4.74 Å². The second-order valence-electron chi connectivity index (χ2n) is 2.74. The number of ether oxygens (including phenoxy) is 1. The first-order chi connectivity index (χ1) is 5.99. The molecular weight excluding hydrogens is 170 g/mol. The number of aliphatic hydroxyl groups is 1. The predicted octanol–water partition coefficient (Wildman–Crippen LogP) is 1.07. The van der Waals surface area contributed by atoms with Gasteiger partial charge in [-0.1, -0.05) is 6.58 Å². The topological polar surface area (TPSA) is 49.8 Å². The Labute approximate surface area is 78.1 Å². The SMILES string of the molecule is C=CC(=O)OCC(=C(C)O)N(C)C. The Hall–Kier alpha value is -1.45. The van der Waals surface area contributed by atoms with E-state index in [1.54, 1.807) is 19.0 Å². The molecule has 0 saturated carbocycles. The number of esters is 1. The van der Waals surface area contributed by atoms with Crippen LogP contribution in [0.1, 0.15) is 6.92 Å². The van der Waals surface area contributed by atoms with Crippen LogP contribution in [0, 0.1) is 0 Å². The largest absolute Gasteiger partial charge is 0.511 e. The van der Waals surface area contributed by atoms with E-state index >= 15 is 0 Å². The minimum atomic E-state index is -0.499. The van der Waals surface area contributed by atoms with E-state index in [1.165, 1.54) is 6.92 Å². The van der Waals surface area contributed by atoms with Gasteiger partial charge in [0.15, 0.2) is 0 Å². The molecular formula is C9H15NO3. The van der Waals surface area contributed by atoms with Crippen LogP contribution in [0.15, 0.2) is 24.1 Å². The van der Waals surface area contributed by atoms with Crippen LogP contribution in [0.4, 0.5) is 0 Å². The van der Waals surface area contributed by atoms with Gasteiger partial charge in [0.2, 0.25) is 0 Å². The van der Waals surface area contributed by atoms with Crippen LogP contribution in [-0.4, -0.2) is 36.7 Å². The summed E-state index contributed by atoms with van der Waals surface area (Å²) in [6, 6.07) is 0. The van der Waals surface area contributed by atoms with E-state index in [-0.39, 0.29) is 12.4 Å². The lowest BCUT2D eigenvalue weighted by molar-refractivity contribution is -0.137. The Morgan fingerprint density at radius 3 is 2.46 bits per heavy atom. The number of hydrogen-bond acceptors (Lipinski definition) is 4. The zero-order valence-corrected chi connectivity index (χ0v) is 8.20. The van der Waals surface area contributed by atoms with Crippen molar-refractivity contribution in [1.82, 2.24) is 4.90 Å². The number of rotatable bonds is 4. The van der Waals surface area contributed by atoms with Crippen LogP contribution in [0.25, 0.3) is 0 Å². The summed E-state index contributed by atoms with van der Waals surface area (Å²) >= 11 is 0. The van der Waals surface area contributed by atoms with Crippen molar-refractivity contribution >= 4 is 5.97 Å². The lowest BCUT2D eigenvalue weighted by Gasteiger charge is -2.17. The molecule has 0 rings (SSSR count). The van der Waals surface area contributed by atoms with Gasteiger partial charge in [-0.25, -0.2) is 4.79 Å². The predicted molar refractivity (Wildman–Crippen MR) is 50.2 cm³/mol. The highest BCUT2D eigenvalue weighted by atomic mass is 16.5. The van der Waals surface area contributed by atoms with Gasteiger partial charge in [0.1, 0.15) is 12.4 Å². The maximum atomic E-state index is 10.7. The summed E-state index contributed by atoms with van der Waals surface area (Å²) < 4.78 is 4.76. The lowest BCUT2D eigenvalue weighted by Crippen LogP contribution is -2.19. The zero-order chi connectivity index (χ0) is 10.4. The Kier molecular flexibility index (Phi) is 4.66. The van der Waals surface area contributed by atoms with Crippen LogP contribution in [0.2, 0.25) is 0 Å². The number of hydrogen-bond donors (Lipinski definition) is 1. The molecule has 1 N–H and O–H groups in total. The number of carbonyl (C=O) groups is 1. The first-order valence-electron chi connectivity index (χ1n) is 3.84. The summed E-state index contributed by atoms with van der Waals surface area (Å²) in [6.07, 6.45) is 1.08. The molecule has 0 aliphatic heterocycles. The van der Waals surface area contributed by atoms with Crippen molar-refractivity contribution in [2.24, 2.45) is 0 Å². The number of nitrogens with zero attached hydrogens (tertiary/aromatic N) is 1. The lowest BCUT2D eigenvalue weighted by atomic mass is 10.3. The van der Waals surface area contributed by atoms with Crippen molar-refractivity contribution in [2.45, 2.75) is 6.92 Å². The molecule has 0 bridgehead atoms. The number of carbonyl (C=O) groups excluding carboxylic acids is 1. The van der Waals surface area contributed by atoms with Gasteiger partial charge >= 0.3 is 5.97 Å². The smallest absolute Gasteiger partial charge is 0.330 e. The molecule has 0 aromatic rings. The molecule has 0 fully saturated rings. The Balaban J connectivity index is 4.23. The first-order valence-corrected chi connectivity index (χ1v) is 3.84. The standard InChI is InChI=1S/C9H15NO3/c1-5-9(12)13-6-8(7(2)11)10(3)4/h5,11H,1,6H2,2-4H3. The molecule has 0 aliphatic rings. The third-order valence-corrected chi connectivity index (χ3v) is 1.48. The highest BCUT2D eigenvalue weighted by Crippen LogP contribution is 2.04. The second kappa shape index (κ2) is 5.24. The molecule has 74 valence electrons. The van der Waals surface area contributed by atoms with Gasteiger partial charge < -0.3 is 14.7 Å². The molecule has 13 heavy (non-hydrogen) atoms. The molecule has 0 atom stereocenters. The first kappa shape index (κ1) is 11.6. The molecule has 0 aromatic carbocycles. The van der Waals surface area contributed by atoms with E-state index in [0.717, 1.165) is 6.08 Å². The fourth-order valence-corrected chi connectivity index (χ4v) is 0.756. The molecule has 0 aliphatic carbocycles. The number of aliphatic hydroxyl groups excluding tert-OH is 1. The third-order valence-electron chi connectivity index (χ3n) is 1.48. The van der Waals surface area contributed by atoms with E-state index in [2.05, 4.69) is 6.58 Å². The quantitative estimate of drug-likeness (QED) is 0.404. The molecule has 0 aromatic heterocycles. The molecule has 4 nitrogen and oxygen atoms in total. The van der Waals surface area contributed by atoms with Gasteiger partial charge in [0, 0.05) is 20.2 Å². The van der Waals surface area contributed by atoms with Crippen molar-refractivity contribution in [3.8, 4) is 0 Å².